The van der Waals surface area contributed by atoms with Crippen LogP contribution in [0.15, 0.2) is 18.2 Å². The molecular formula is C7H4ClF3. The highest BCUT2D eigenvalue weighted by atomic mass is 35.5. The summed E-state index contributed by atoms with van der Waals surface area (Å²) < 4.78 is 36.3. The van der Waals surface area contributed by atoms with Crippen molar-refractivity contribution in [3.8, 4) is 0 Å². The summed E-state index contributed by atoms with van der Waals surface area (Å²) >= 11 is 5.34. The molecule has 0 unspecified atom stereocenters. The third-order valence-corrected chi connectivity index (χ3v) is 1.43. The van der Waals surface area contributed by atoms with Crippen molar-refractivity contribution in [1.82, 2.24) is 0 Å². The number of hydrogen-bond donors (Lipinski definition) is 0. The first kappa shape index (κ1) is 8.40. The lowest BCUT2D eigenvalue weighted by atomic mass is 10.2. The molecule has 0 aromatic heterocycles. The van der Waals surface area contributed by atoms with Gasteiger partial charge in [0.25, 0.3) is 6.43 Å². The van der Waals surface area contributed by atoms with Crippen molar-refractivity contribution in [3.63, 3.8) is 0 Å². The maximum absolute atomic E-state index is 12.5. The van der Waals surface area contributed by atoms with Crippen LogP contribution in [0.3, 0.4) is 0 Å². The van der Waals surface area contributed by atoms with E-state index in [1.165, 1.54) is 6.07 Å². The summed E-state index contributed by atoms with van der Waals surface area (Å²) in [6.07, 6.45) is -2.78. The number of hydrogen-bond acceptors (Lipinski definition) is 0. The zero-order valence-electron chi connectivity index (χ0n) is 5.32. The van der Waals surface area contributed by atoms with Gasteiger partial charge in [-0.3, -0.25) is 0 Å². The van der Waals surface area contributed by atoms with Gasteiger partial charge in [-0.2, -0.15) is 0 Å². The molecule has 0 bridgehead atoms. The molecule has 11 heavy (non-hydrogen) atoms. The Morgan fingerprint density at radius 2 is 1.91 bits per heavy atom. The van der Waals surface area contributed by atoms with E-state index in [4.69, 9.17) is 11.6 Å². The molecule has 0 atom stereocenters. The molecule has 0 aliphatic heterocycles. The first-order valence-electron chi connectivity index (χ1n) is 2.84. The van der Waals surface area contributed by atoms with Gasteiger partial charge in [0.15, 0.2) is 0 Å². The van der Waals surface area contributed by atoms with Crippen LogP contribution in [0.2, 0.25) is 5.02 Å². The van der Waals surface area contributed by atoms with Crippen LogP contribution in [0.4, 0.5) is 13.2 Å². The predicted octanol–water partition coefficient (Wildman–Crippen LogP) is 3.42. The van der Waals surface area contributed by atoms with Crippen molar-refractivity contribution >= 4 is 11.6 Å². The van der Waals surface area contributed by atoms with Crippen molar-refractivity contribution in [2.75, 3.05) is 0 Å². The number of benzene rings is 1. The Morgan fingerprint density at radius 3 is 2.36 bits per heavy atom. The molecule has 0 nitrogen and oxygen atoms in total. The highest BCUT2D eigenvalue weighted by molar-refractivity contribution is 6.30. The molecule has 60 valence electrons. The van der Waals surface area contributed by atoms with E-state index in [9.17, 15) is 13.2 Å². The quantitative estimate of drug-likeness (QED) is 0.621. The van der Waals surface area contributed by atoms with Crippen LogP contribution in [0, 0.1) is 5.82 Å². The van der Waals surface area contributed by atoms with Gasteiger partial charge in [0.05, 0.1) is 5.56 Å². The Labute approximate surface area is 66.6 Å². The van der Waals surface area contributed by atoms with Crippen LogP contribution >= 0.6 is 11.6 Å². The molecule has 1 aromatic rings. The van der Waals surface area contributed by atoms with Crippen LogP contribution < -0.4 is 0 Å². The van der Waals surface area contributed by atoms with Gasteiger partial charge in [0.2, 0.25) is 0 Å². The zero-order chi connectivity index (χ0) is 8.43. The topological polar surface area (TPSA) is 0 Å². The van der Waals surface area contributed by atoms with E-state index in [0.29, 0.717) is 0 Å². The molecule has 0 saturated heterocycles. The molecule has 0 spiro atoms. The molecular weight excluding hydrogens is 177 g/mol. The first-order valence-corrected chi connectivity index (χ1v) is 3.22. The van der Waals surface area contributed by atoms with Crippen molar-refractivity contribution in [2.24, 2.45) is 0 Å². The molecule has 0 radical (unpaired) electrons. The van der Waals surface area contributed by atoms with Gasteiger partial charge in [-0.25, -0.2) is 13.2 Å². The summed E-state index contributed by atoms with van der Waals surface area (Å²) in [5.74, 6) is -0.965. The standard InChI is InChI=1S/C7H4ClF3/c8-4-1-2-5(7(10)11)6(9)3-4/h1-3,7H. The normalized spacial score (nSPS) is 10.6. The molecule has 1 aromatic carbocycles. The fourth-order valence-corrected chi connectivity index (χ4v) is 0.837. The van der Waals surface area contributed by atoms with Crippen molar-refractivity contribution in [3.05, 3.63) is 34.6 Å². The second-order valence-corrected chi connectivity index (χ2v) is 2.40. The molecule has 4 heteroatoms. The Bertz CT molecular complexity index is 260. The van der Waals surface area contributed by atoms with E-state index in [0.717, 1.165) is 12.1 Å². The molecule has 1 rings (SSSR count). The molecule has 0 aliphatic rings. The van der Waals surface area contributed by atoms with Crippen molar-refractivity contribution in [1.29, 1.82) is 0 Å². The minimum absolute atomic E-state index is 0.118. The SMILES string of the molecule is Fc1cc(Cl)ccc1C(F)F. The lowest BCUT2D eigenvalue weighted by molar-refractivity contribution is 0.146. The summed E-state index contributed by atoms with van der Waals surface area (Å²) in [7, 11) is 0. The first-order chi connectivity index (χ1) is 5.11. The Kier molecular flexibility index (Phi) is 2.39. The number of rotatable bonds is 1. The zero-order valence-corrected chi connectivity index (χ0v) is 6.08. The minimum Gasteiger partial charge on any atom is -0.206 e. The molecule has 0 aliphatic carbocycles. The monoisotopic (exact) mass is 180 g/mol. The third kappa shape index (κ3) is 1.87. The van der Waals surface area contributed by atoms with E-state index in [2.05, 4.69) is 0 Å². The summed E-state index contributed by atoms with van der Waals surface area (Å²) in [6, 6.07) is 3.07. The average molecular weight is 181 g/mol. The second-order valence-electron chi connectivity index (χ2n) is 1.97. The van der Waals surface area contributed by atoms with E-state index >= 15 is 0 Å². The van der Waals surface area contributed by atoms with Crippen LogP contribution in [0.25, 0.3) is 0 Å². The van der Waals surface area contributed by atoms with Crippen LogP contribution in [0.5, 0.6) is 0 Å². The summed E-state index contributed by atoms with van der Waals surface area (Å²) in [6.45, 7) is 0. The highest BCUT2D eigenvalue weighted by Gasteiger charge is 2.12. The number of halogens is 4. The third-order valence-electron chi connectivity index (χ3n) is 1.20. The molecule has 0 heterocycles. The Hall–Kier alpha value is -0.700. The van der Waals surface area contributed by atoms with Crippen LogP contribution in [-0.2, 0) is 0 Å². The highest BCUT2D eigenvalue weighted by Crippen LogP contribution is 2.23. The number of alkyl halides is 2. The fourth-order valence-electron chi connectivity index (χ4n) is 0.678. The van der Waals surface area contributed by atoms with Gasteiger partial charge in [-0.1, -0.05) is 11.6 Å². The Morgan fingerprint density at radius 1 is 1.27 bits per heavy atom. The molecule has 0 amide bonds. The van der Waals surface area contributed by atoms with Gasteiger partial charge in [0.1, 0.15) is 5.82 Å². The van der Waals surface area contributed by atoms with E-state index < -0.39 is 17.8 Å². The second kappa shape index (κ2) is 3.13. The maximum Gasteiger partial charge on any atom is 0.266 e. The smallest absolute Gasteiger partial charge is 0.206 e. The molecule has 0 saturated carbocycles. The van der Waals surface area contributed by atoms with Gasteiger partial charge >= 0.3 is 0 Å². The predicted molar refractivity (Wildman–Crippen MR) is 36.4 cm³/mol. The van der Waals surface area contributed by atoms with Crippen LogP contribution in [0.1, 0.15) is 12.0 Å². The van der Waals surface area contributed by atoms with Crippen LogP contribution in [-0.4, -0.2) is 0 Å². The summed E-state index contributed by atoms with van der Waals surface area (Å²) in [5, 5.41) is 0.118. The lowest BCUT2D eigenvalue weighted by Gasteiger charge is -2.00. The van der Waals surface area contributed by atoms with Gasteiger partial charge in [0, 0.05) is 5.02 Å². The van der Waals surface area contributed by atoms with E-state index in [1.54, 1.807) is 0 Å². The van der Waals surface area contributed by atoms with E-state index in [1.807, 2.05) is 0 Å². The molecule has 0 N–H and O–H groups in total. The van der Waals surface area contributed by atoms with Gasteiger partial charge in [-0.05, 0) is 18.2 Å². The summed E-state index contributed by atoms with van der Waals surface area (Å²) in [4.78, 5) is 0. The average Bonchev–Trinajstić information content (AvgIpc) is 1.85. The Balaban J connectivity index is 3.09. The summed E-state index contributed by atoms with van der Waals surface area (Å²) in [5.41, 5.74) is -0.616. The van der Waals surface area contributed by atoms with Crippen molar-refractivity contribution < 1.29 is 13.2 Å². The van der Waals surface area contributed by atoms with E-state index in [-0.39, 0.29) is 5.02 Å². The van der Waals surface area contributed by atoms with Crippen molar-refractivity contribution in [2.45, 2.75) is 6.43 Å². The molecule has 0 fully saturated rings. The lowest BCUT2D eigenvalue weighted by Crippen LogP contribution is -1.88. The largest absolute Gasteiger partial charge is 0.266 e. The van der Waals surface area contributed by atoms with Gasteiger partial charge in [-0.15, -0.1) is 0 Å². The minimum atomic E-state index is -2.78. The fraction of sp³-hybridized carbons (Fsp3) is 0.143. The maximum atomic E-state index is 12.5. The van der Waals surface area contributed by atoms with Gasteiger partial charge < -0.3 is 0 Å².